The van der Waals surface area contributed by atoms with Crippen LogP contribution in [0.5, 0.6) is 0 Å². The molecule has 0 aliphatic heterocycles. The molecule has 0 aromatic rings. The first-order valence-electron chi connectivity index (χ1n) is 5.92. The summed E-state index contributed by atoms with van der Waals surface area (Å²) in [6, 6.07) is 0. The van der Waals surface area contributed by atoms with Gasteiger partial charge in [-0.2, -0.15) is 0 Å². The summed E-state index contributed by atoms with van der Waals surface area (Å²) in [5.41, 5.74) is 0.137. The lowest BCUT2D eigenvalue weighted by Crippen LogP contribution is -2.33. The molecule has 0 N–H and O–H groups in total. The van der Waals surface area contributed by atoms with Crippen LogP contribution in [0.1, 0.15) is 53.9 Å². The summed E-state index contributed by atoms with van der Waals surface area (Å²) in [7, 11) is -2.98. The first-order valence-corrected chi connectivity index (χ1v) is 8.70. The molecule has 0 saturated carbocycles. The number of rotatable bonds is 6. The van der Waals surface area contributed by atoms with Crippen LogP contribution in [0.4, 0.5) is 0 Å². The molecule has 16 heavy (non-hydrogen) atoms. The van der Waals surface area contributed by atoms with Gasteiger partial charge in [-0.1, -0.05) is 29.8 Å². The van der Waals surface area contributed by atoms with E-state index in [4.69, 9.17) is 0 Å². The SMILES string of the molecule is CCC(CC)(CBr)CCS(=O)(=O)C(C)(C)C. The first-order chi connectivity index (χ1) is 7.14. The summed E-state index contributed by atoms with van der Waals surface area (Å²) >= 11 is 3.52. The van der Waals surface area contributed by atoms with E-state index < -0.39 is 14.6 Å². The van der Waals surface area contributed by atoms with Crippen molar-refractivity contribution in [1.82, 2.24) is 0 Å². The van der Waals surface area contributed by atoms with Crippen LogP contribution in [0, 0.1) is 5.41 Å². The van der Waals surface area contributed by atoms with E-state index in [9.17, 15) is 8.42 Å². The molecule has 2 nitrogen and oxygen atoms in total. The predicted molar refractivity (Wildman–Crippen MR) is 75.0 cm³/mol. The standard InChI is InChI=1S/C12H25BrO2S/c1-6-12(7-2,10-13)8-9-16(14,15)11(3,4)5/h6-10H2,1-5H3. The monoisotopic (exact) mass is 312 g/mol. The van der Waals surface area contributed by atoms with Crippen molar-refractivity contribution in [2.75, 3.05) is 11.1 Å². The normalized spacial score (nSPS) is 14.1. The van der Waals surface area contributed by atoms with Crippen molar-refractivity contribution in [3.63, 3.8) is 0 Å². The van der Waals surface area contributed by atoms with E-state index in [0.29, 0.717) is 5.75 Å². The Kier molecular flexibility index (Phi) is 6.01. The molecule has 4 heteroatoms. The molecule has 0 spiro atoms. The van der Waals surface area contributed by atoms with Crippen LogP contribution in [0.15, 0.2) is 0 Å². The number of hydrogen-bond acceptors (Lipinski definition) is 2. The van der Waals surface area contributed by atoms with Crippen molar-refractivity contribution in [3.8, 4) is 0 Å². The highest BCUT2D eigenvalue weighted by atomic mass is 79.9. The number of hydrogen-bond donors (Lipinski definition) is 0. The number of halogens is 1. The Morgan fingerprint density at radius 2 is 1.50 bits per heavy atom. The molecule has 0 atom stereocenters. The predicted octanol–water partition coefficient (Wildman–Crippen LogP) is 3.79. The summed E-state index contributed by atoms with van der Waals surface area (Å²) in [4.78, 5) is 0. The minimum absolute atomic E-state index is 0.137. The van der Waals surface area contributed by atoms with Crippen LogP contribution in [0.2, 0.25) is 0 Å². The zero-order valence-electron chi connectivity index (χ0n) is 11.1. The molecule has 0 unspecified atom stereocenters. The van der Waals surface area contributed by atoms with Crippen molar-refractivity contribution in [1.29, 1.82) is 0 Å². The Labute approximate surface area is 109 Å². The Morgan fingerprint density at radius 1 is 1.06 bits per heavy atom. The van der Waals surface area contributed by atoms with E-state index in [-0.39, 0.29) is 5.41 Å². The Bertz CT molecular complexity index is 289. The molecule has 0 fully saturated rings. The van der Waals surface area contributed by atoms with Gasteiger partial charge in [0.2, 0.25) is 0 Å². The highest BCUT2D eigenvalue weighted by Gasteiger charge is 2.33. The second-order valence-corrected chi connectivity index (χ2v) is 8.95. The van der Waals surface area contributed by atoms with Gasteiger partial charge >= 0.3 is 0 Å². The number of alkyl halides is 1. The highest BCUT2D eigenvalue weighted by Crippen LogP contribution is 2.34. The first kappa shape index (κ1) is 16.4. The van der Waals surface area contributed by atoms with Gasteiger partial charge in [-0.3, -0.25) is 0 Å². The smallest absolute Gasteiger partial charge is 0.155 e. The Morgan fingerprint density at radius 3 is 1.75 bits per heavy atom. The maximum Gasteiger partial charge on any atom is 0.155 e. The highest BCUT2D eigenvalue weighted by molar-refractivity contribution is 9.09. The largest absolute Gasteiger partial charge is 0.228 e. The molecular formula is C12H25BrO2S. The van der Waals surface area contributed by atoms with Gasteiger partial charge < -0.3 is 0 Å². The minimum atomic E-state index is -2.98. The average Bonchev–Trinajstić information content (AvgIpc) is 2.19. The van der Waals surface area contributed by atoms with Gasteiger partial charge in [-0.25, -0.2) is 8.42 Å². The molecule has 0 amide bonds. The maximum absolute atomic E-state index is 12.0. The van der Waals surface area contributed by atoms with Crippen LogP contribution in [-0.4, -0.2) is 24.2 Å². The van der Waals surface area contributed by atoms with E-state index in [1.165, 1.54) is 0 Å². The summed E-state index contributed by atoms with van der Waals surface area (Å²) < 4.78 is 23.4. The van der Waals surface area contributed by atoms with Crippen molar-refractivity contribution < 1.29 is 8.42 Å². The minimum Gasteiger partial charge on any atom is -0.228 e. The zero-order chi connectivity index (χ0) is 13.0. The molecule has 0 rings (SSSR count). The van der Waals surface area contributed by atoms with E-state index in [0.717, 1.165) is 24.6 Å². The van der Waals surface area contributed by atoms with Gasteiger partial charge in [-0.05, 0) is 45.4 Å². The lowest BCUT2D eigenvalue weighted by Gasteiger charge is -2.31. The Balaban J connectivity index is 4.68. The summed E-state index contributed by atoms with van der Waals surface area (Å²) in [5, 5.41) is 0.882. The third-order valence-corrected chi connectivity index (χ3v) is 7.41. The average molecular weight is 313 g/mol. The molecule has 0 saturated heterocycles. The van der Waals surface area contributed by atoms with Gasteiger partial charge in [0.1, 0.15) is 0 Å². The van der Waals surface area contributed by atoms with E-state index in [1.54, 1.807) is 20.8 Å². The van der Waals surface area contributed by atoms with Gasteiger partial charge in [-0.15, -0.1) is 0 Å². The summed E-state index contributed by atoms with van der Waals surface area (Å²) in [5.74, 6) is 0.295. The second-order valence-electron chi connectivity index (χ2n) is 5.52. The van der Waals surface area contributed by atoms with Crippen LogP contribution in [0.3, 0.4) is 0 Å². The van der Waals surface area contributed by atoms with E-state index in [2.05, 4.69) is 29.8 Å². The third-order valence-electron chi connectivity index (χ3n) is 3.62. The van der Waals surface area contributed by atoms with Crippen LogP contribution < -0.4 is 0 Å². The van der Waals surface area contributed by atoms with Gasteiger partial charge in [0.25, 0.3) is 0 Å². The van der Waals surface area contributed by atoms with Crippen molar-refractivity contribution in [2.24, 2.45) is 5.41 Å². The van der Waals surface area contributed by atoms with Crippen LogP contribution in [-0.2, 0) is 9.84 Å². The fraction of sp³-hybridized carbons (Fsp3) is 1.00. The molecule has 0 aliphatic rings. The lowest BCUT2D eigenvalue weighted by molar-refractivity contribution is 0.297. The zero-order valence-corrected chi connectivity index (χ0v) is 13.5. The molecular weight excluding hydrogens is 288 g/mol. The number of sulfone groups is 1. The van der Waals surface area contributed by atoms with E-state index in [1.807, 2.05) is 0 Å². The summed E-state index contributed by atoms with van der Waals surface area (Å²) in [6.45, 7) is 9.59. The second kappa shape index (κ2) is 5.85. The Hall–Kier alpha value is 0.430. The van der Waals surface area contributed by atoms with Gasteiger partial charge in [0, 0.05) is 5.33 Å². The maximum atomic E-state index is 12.0. The van der Waals surface area contributed by atoms with Crippen LogP contribution >= 0.6 is 15.9 Å². The molecule has 0 radical (unpaired) electrons. The molecule has 0 heterocycles. The fourth-order valence-corrected chi connectivity index (χ4v) is 3.90. The van der Waals surface area contributed by atoms with Crippen molar-refractivity contribution in [2.45, 2.75) is 58.6 Å². The summed E-state index contributed by atoms with van der Waals surface area (Å²) in [6.07, 6.45) is 2.80. The molecule has 0 bridgehead atoms. The molecule has 0 aliphatic carbocycles. The topological polar surface area (TPSA) is 34.1 Å². The van der Waals surface area contributed by atoms with Crippen molar-refractivity contribution in [3.05, 3.63) is 0 Å². The van der Waals surface area contributed by atoms with Gasteiger partial charge in [0.05, 0.1) is 10.5 Å². The molecule has 98 valence electrons. The van der Waals surface area contributed by atoms with Crippen molar-refractivity contribution >= 4 is 25.8 Å². The van der Waals surface area contributed by atoms with Gasteiger partial charge in [0.15, 0.2) is 9.84 Å². The molecule has 0 aromatic carbocycles. The lowest BCUT2D eigenvalue weighted by atomic mass is 9.82. The quantitative estimate of drug-likeness (QED) is 0.699. The third kappa shape index (κ3) is 4.02. The fourth-order valence-electron chi connectivity index (χ4n) is 1.52. The van der Waals surface area contributed by atoms with E-state index >= 15 is 0 Å². The van der Waals surface area contributed by atoms with Crippen LogP contribution in [0.25, 0.3) is 0 Å². The molecule has 0 aromatic heterocycles.